The number of aromatic nitrogens is 1. The van der Waals surface area contributed by atoms with Gasteiger partial charge in [0.05, 0.1) is 12.7 Å². The van der Waals surface area contributed by atoms with Gasteiger partial charge in [-0.05, 0) is 103 Å². The van der Waals surface area contributed by atoms with Gasteiger partial charge in [-0.3, -0.25) is 0 Å². The lowest BCUT2D eigenvalue weighted by molar-refractivity contribution is -0.131. The molecule has 1 amide bonds. The highest BCUT2D eigenvalue weighted by molar-refractivity contribution is 5.86. The van der Waals surface area contributed by atoms with Crippen molar-refractivity contribution in [1.29, 1.82) is 5.26 Å². The Morgan fingerprint density at radius 3 is 2.28 bits per heavy atom. The zero-order valence-electron chi connectivity index (χ0n) is 32.4. The fourth-order valence-corrected chi connectivity index (χ4v) is 6.72. The average Bonchev–Trinajstić information content (AvgIpc) is 3.21. The molecule has 2 heterocycles. The summed E-state index contributed by atoms with van der Waals surface area (Å²) >= 11 is 0. The van der Waals surface area contributed by atoms with Crippen LogP contribution in [0.25, 0.3) is 28.3 Å². The highest BCUT2D eigenvalue weighted by Crippen LogP contribution is 2.39. The first kappa shape index (κ1) is 40.0. The van der Waals surface area contributed by atoms with E-state index >= 15 is 4.39 Å². The van der Waals surface area contributed by atoms with Gasteiger partial charge in [-0.1, -0.05) is 66.7 Å². The molecule has 0 atom stereocenters. The number of nitrogens with zero attached hydrogens (tertiary/aromatic N) is 4. The molecule has 1 fully saturated rings. The molecule has 10 nitrogen and oxygen atoms in total. The van der Waals surface area contributed by atoms with E-state index in [1.165, 1.54) is 18.2 Å². The quantitative estimate of drug-likeness (QED) is 0.124. The summed E-state index contributed by atoms with van der Waals surface area (Å²) in [6, 6.07) is 31.2. The van der Waals surface area contributed by atoms with Crippen molar-refractivity contribution in [1.82, 2.24) is 9.88 Å². The van der Waals surface area contributed by atoms with E-state index in [-0.39, 0.29) is 11.6 Å². The first-order valence-corrected chi connectivity index (χ1v) is 18.7. The van der Waals surface area contributed by atoms with Crippen molar-refractivity contribution in [2.45, 2.75) is 58.4 Å². The van der Waals surface area contributed by atoms with E-state index in [1.807, 2.05) is 106 Å². The van der Waals surface area contributed by atoms with Gasteiger partial charge in [-0.15, -0.1) is 0 Å². The highest BCUT2D eigenvalue weighted by atomic mass is 19.1. The third kappa shape index (κ3) is 10.3. The molecule has 0 bridgehead atoms. The molecule has 5 aromatic rings. The molecule has 0 aliphatic carbocycles. The largest absolute Gasteiger partial charge is 0.493 e. The number of aliphatic carboxylic acids is 1. The molecule has 0 unspecified atom stereocenters. The monoisotopic (exact) mass is 768 g/mol. The van der Waals surface area contributed by atoms with Crippen molar-refractivity contribution in [2.24, 2.45) is 0 Å². The zero-order valence-corrected chi connectivity index (χ0v) is 32.4. The van der Waals surface area contributed by atoms with Crippen LogP contribution in [0.15, 0.2) is 109 Å². The Morgan fingerprint density at radius 2 is 1.63 bits per heavy atom. The smallest absolute Gasteiger partial charge is 0.410 e. The fourth-order valence-electron chi connectivity index (χ4n) is 6.72. The van der Waals surface area contributed by atoms with Gasteiger partial charge in [0.25, 0.3) is 0 Å². The summed E-state index contributed by atoms with van der Waals surface area (Å²) in [6.45, 7) is 7.37. The van der Waals surface area contributed by atoms with Crippen molar-refractivity contribution in [2.75, 3.05) is 25.1 Å². The Morgan fingerprint density at radius 1 is 0.930 bits per heavy atom. The van der Waals surface area contributed by atoms with Crippen LogP contribution in [0.1, 0.15) is 55.9 Å². The van der Waals surface area contributed by atoms with Crippen LogP contribution in [-0.4, -0.2) is 58.9 Å². The first-order valence-electron chi connectivity index (χ1n) is 18.7. The number of nitriles is 1. The Labute approximate surface area is 332 Å². The van der Waals surface area contributed by atoms with E-state index in [0.717, 1.165) is 39.5 Å². The zero-order chi connectivity index (χ0) is 40.5. The number of carbonyl (C=O) groups is 2. The third-order valence-electron chi connectivity index (χ3n) is 9.61. The first-order chi connectivity index (χ1) is 27.4. The summed E-state index contributed by atoms with van der Waals surface area (Å²) in [7, 11) is 1.59. The fraction of sp³-hybridized carbons (Fsp3) is 0.261. The van der Waals surface area contributed by atoms with E-state index in [4.69, 9.17) is 24.3 Å². The maximum atomic E-state index is 15.1. The Bertz CT molecular complexity index is 2270. The van der Waals surface area contributed by atoms with Gasteiger partial charge in [-0.2, -0.15) is 5.26 Å². The lowest BCUT2D eigenvalue weighted by Crippen LogP contribution is -2.48. The van der Waals surface area contributed by atoms with Gasteiger partial charge in [0.15, 0.2) is 11.5 Å². The summed E-state index contributed by atoms with van der Waals surface area (Å²) in [5, 5.41) is 18.4. The number of piperidine rings is 1. The molecular formula is C46H45FN4O6. The Balaban J connectivity index is 1.27. The number of carboxylic acids is 1. The van der Waals surface area contributed by atoms with E-state index in [1.54, 1.807) is 24.3 Å². The van der Waals surface area contributed by atoms with Crippen LogP contribution >= 0.6 is 0 Å². The van der Waals surface area contributed by atoms with Crippen LogP contribution in [-0.2, 0) is 22.7 Å². The lowest BCUT2D eigenvalue weighted by atomic mass is 9.94. The summed E-state index contributed by atoms with van der Waals surface area (Å²) in [5.41, 5.74) is 4.74. The number of carboxylic acid groups (broad SMARTS) is 1. The van der Waals surface area contributed by atoms with Gasteiger partial charge in [0.2, 0.25) is 0 Å². The van der Waals surface area contributed by atoms with E-state index in [0.29, 0.717) is 62.0 Å². The molecule has 292 valence electrons. The number of methoxy groups -OCH3 is 1. The minimum Gasteiger partial charge on any atom is -0.493 e. The molecule has 1 N–H and O–H groups in total. The maximum absolute atomic E-state index is 15.1. The van der Waals surface area contributed by atoms with Crippen LogP contribution in [0.3, 0.4) is 0 Å². The number of benzene rings is 4. The minimum absolute atomic E-state index is 0.0433. The predicted octanol–water partition coefficient (Wildman–Crippen LogP) is 9.52. The molecule has 0 saturated carbocycles. The summed E-state index contributed by atoms with van der Waals surface area (Å²) in [5.74, 6) is 0.166. The Kier molecular flexibility index (Phi) is 12.5. The number of amides is 1. The van der Waals surface area contributed by atoms with Crippen molar-refractivity contribution in [3.05, 3.63) is 137 Å². The van der Waals surface area contributed by atoms with Crippen molar-refractivity contribution >= 4 is 24.0 Å². The van der Waals surface area contributed by atoms with Crippen molar-refractivity contribution in [3.63, 3.8) is 0 Å². The standard InChI is InChI=1S/C46H45FN4O6/c1-46(2,3)57-45(54)51(29-32-12-10-31(11-13-32)14-19-44(52)53)37-20-22-50(23-21-37)43-26-38(34-15-16-36(27-48)40(47)24-34)39(28-49-43)35-17-18-41(55-4)42(25-35)56-30-33-8-6-5-7-9-33/h5-19,24-26,28,37H,20-23,29-30H2,1-4H3,(H,52,53)/b19-14+. The normalized spacial score (nSPS) is 13.2. The van der Waals surface area contributed by atoms with Crippen LogP contribution in [0.4, 0.5) is 15.0 Å². The van der Waals surface area contributed by atoms with Gasteiger partial charge < -0.3 is 29.1 Å². The number of carbonyl (C=O) groups excluding carboxylic acids is 1. The molecular weight excluding hydrogens is 724 g/mol. The molecule has 1 aromatic heterocycles. The lowest BCUT2D eigenvalue weighted by Gasteiger charge is -2.39. The van der Waals surface area contributed by atoms with Crippen LogP contribution in [0.2, 0.25) is 0 Å². The van der Waals surface area contributed by atoms with Gasteiger partial charge in [0, 0.05) is 43.5 Å². The van der Waals surface area contributed by atoms with Crippen LogP contribution in [0.5, 0.6) is 11.5 Å². The van der Waals surface area contributed by atoms with Crippen molar-refractivity contribution < 1.29 is 33.3 Å². The second-order valence-electron chi connectivity index (χ2n) is 14.8. The number of halogens is 1. The molecule has 6 rings (SSSR count). The van der Waals surface area contributed by atoms with Crippen molar-refractivity contribution in [3.8, 4) is 39.8 Å². The second kappa shape index (κ2) is 17.9. The molecule has 1 saturated heterocycles. The van der Waals surface area contributed by atoms with E-state index < -0.39 is 23.5 Å². The number of hydrogen-bond donors (Lipinski definition) is 1. The predicted molar refractivity (Wildman–Crippen MR) is 217 cm³/mol. The number of anilines is 1. The molecule has 11 heteroatoms. The summed E-state index contributed by atoms with van der Waals surface area (Å²) in [4.78, 5) is 33.4. The summed E-state index contributed by atoms with van der Waals surface area (Å²) < 4.78 is 32.8. The van der Waals surface area contributed by atoms with E-state index in [9.17, 15) is 14.9 Å². The minimum atomic E-state index is -1.02. The average molecular weight is 769 g/mol. The van der Waals surface area contributed by atoms with Gasteiger partial charge in [0.1, 0.15) is 29.9 Å². The SMILES string of the molecule is COc1ccc(-c2cnc(N3CCC(N(Cc4ccc(/C=C/C(=O)O)cc4)C(=O)OC(C)(C)C)CC3)cc2-c2ccc(C#N)c(F)c2)cc1OCc1ccccc1. The van der Waals surface area contributed by atoms with Crippen LogP contribution < -0.4 is 14.4 Å². The van der Waals surface area contributed by atoms with Gasteiger partial charge in [-0.25, -0.2) is 19.0 Å². The molecule has 1 aliphatic heterocycles. The molecule has 0 radical (unpaired) electrons. The second-order valence-corrected chi connectivity index (χ2v) is 14.8. The highest BCUT2D eigenvalue weighted by Gasteiger charge is 2.32. The summed E-state index contributed by atoms with van der Waals surface area (Å²) in [6.07, 6.45) is 5.26. The number of hydrogen-bond acceptors (Lipinski definition) is 8. The van der Waals surface area contributed by atoms with Crippen LogP contribution in [0, 0.1) is 17.1 Å². The third-order valence-corrected chi connectivity index (χ3v) is 9.61. The molecule has 0 spiro atoms. The Hall–Kier alpha value is -6.67. The van der Waals surface area contributed by atoms with Gasteiger partial charge >= 0.3 is 12.1 Å². The molecule has 1 aliphatic rings. The number of pyridine rings is 1. The number of rotatable bonds is 12. The van der Waals surface area contributed by atoms with E-state index in [2.05, 4.69) is 4.90 Å². The maximum Gasteiger partial charge on any atom is 0.410 e. The number of ether oxygens (including phenoxy) is 3. The molecule has 4 aromatic carbocycles. The molecule has 57 heavy (non-hydrogen) atoms. The topological polar surface area (TPSA) is 125 Å².